The molecule has 0 atom stereocenters. The van der Waals surface area contributed by atoms with Gasteiger partial charge in [-0.05, 0) is 12.1 Å². The minimum absolute atomic E-state index is 0.0150. The van der Waals surface area contributed by atoms with Crippen LogP contribution in [0.5, 0.6) is 0 Å². The van der Waals surface area contributed by atoms with E-state index in [1.165, 1.54) is 12.1 Å². The van der Waals surface area contributed by atoms with Gasteiger partial charge in [-0.3, -0.25) is 25.2 Å². The summed E-state index contributed by atoms with van der Waals surface area (Å²) in [4.78, 5) is 37.7. The van der Waals surface area contributed by atoms with Gasteiger partial charge in [0, 0.05) is 23.2 Å². The number of nitrogens with zero attached hydrogens (tertiary/aromatic N) is 1. The van der Waals surface area contributed by atoms with E-state index in [9.17, 15) is 14.4 Å². The number of para-hydroxylation sites is 1. The monoisotopic (exact) mass is 297 g/mol. The van der Waals surface area contributed by atoms with Crippen molar-refractivity contribution >= 4 is 22.7 Å². The van der Waals surface area contributed by atoms with E-state index in [1.807, 2.05) is 18.2 Å². The van der Waals surface area contributed by atoms with Gasteiger partial charge in [0.1, 0.15) is 0 Å². The maximum Gasteiger partial charge on any atom is 0.290 e. The van der Waals surface area contributed by atoms with E-state index in [-0.39, 0.29) is 5.69 Å². The molecule has 3 aromatic rings. The molecular formula is C14H11N5O3. The van der Waals surface area contributed by atoms with Crippen LogP contribution in [-0.2, 0) is 0 Å². The average Bonchev–Trinajstić information content (AvgIpc) is 2.97. The Hall–Kier alpha value is -3.42. The van der Waals surface area contributed by atoms with Gasteiger partial charge in [-0.2, -0.15) is 5.10 Å². The summed E-state index contributed by atoms with van der Waals surface area (Å²) in [5, 5.41) is 6.44. The van der Waals surface area contributed by atoms with Crippen LogP contribution >= 0.6 is 0 Å². The number of amides is 2. The molecule has 0 saturated heterocycles. The standard InChI is InChI=1S/C14H11N5O3/c20-12-6-5-11(16-17-12)14(22)19-18-13(21)9-7-15-10-4-2-1-3-8(9)10/h1-7,15H,(H,17,20)(H,18,21)(H,19,22). The van der Waals surface area contributed by atoms with Crippen molar-refractivity contribution < 1.29 is 9.59 Å². The van der Waals surface area contributed by atoms with Crippen molar-refractivity contribution in [3.05, 3.63) is 64.2 Å². The third-order valence-corrected chi connectivity index (χ3v) is 3.04. The average molecular weight is 297 g/mol. The molecule has 4 N–H and O–H groups in total. The molecular weight excluding hydrogens is 286 g/mol. The normalized spacial score (nSPS) is 10.4. The Balaban J connectivity index is 1.71. The summed E-state index contributed by atoms with van der Waals surface area (Å²) in [6.07, 6.45) is 1.56. The molecule has 110 valence electrons. The highest BCUT2D eigenvalue weighted by Crippen LogP contribution is 2.17. The number of benzene rings is 1. The number of hydrogen-bond acceptors (Lipinski definition) is 4. The second kappa shape index (κ2) is 5.52. The number of carbonyl (C=O) groups is 2. The van der Waals surface area contributed by atoms with Crippen molar-refractivity contribution in [1.29, 1.82) is 0 Å². The molecule has 0 unspecified atom stereocenters. The molecule has 2 heterocycles. The van der Waals surface area contributed by atoms with Crippen LogP contribution in [0.1, 0.15) is 20.8 Å². The van der Waals surface area contributed by atoms with E-state index >= 15 is 0 Å². The Morgan fingerprint density at radius 2 is 1.77 bits per heavy atom. The fourth-order valence-electron chi connectivity index (χ4n) is 1.98. The van der Waals surface area contributed by atoms with Crippen LogP contribution < -0.4 is 16.4 Å². The molecule has 0 bridgehead atoms. The van der Waals surface area contributed by atoms with Crippen molar-refractivity contribution in [2.24, 2.45) is 0 Å². The third kappa shape index (κ3) is 2.57. The Morgan fingerprint density at radius 3 is 2.55 bits per heavy atom. The number of nitrogens with one attached hydrogen (secondary N) is 4. The van der Waals surface area contributed by atoms with Crippen molar-refractivity contribution in [2.45, 2.75) is 0 Å². The fraction of sp³-hybridized carbons (Fsp3) is 0. The Labute approximate surface area is 123 Å². The van der Waals surface area contributed by atoms with Crippen LogP contribution in [0.4, 0.5) is 0 Å². The number of hydrazine groups is 1. The van der Waals surface area contributed by atoms with Gasteiger partial charge >= 0.3 is 0 Å². The summed E-state index contributed by atoms with van der Waals surface area (Å²) >= 11 is 0. The van der Waals surface area contributed by atoms with Gasteiger partial charge in [0.15, 0.2) is 5.69 Å². The van der Waals surface area contributed by atoms with Crippen molar-refractivity contribution in [2.75, 3.05) is 0 Å². The van der Waals surface area contributed by atoms with Gasteiger partial charge in [-0.15, -0.1) is 0 Å². The van der Waals surface area contributed by atoms with Crippen LogP contribution in [0.15, 0.2) is 47.4 Å². The molecule has 0 radical (unpaired) electrons. The SMILES string of the molecule is O=C(NNC(=O)c1c[nH]c2ccccc12)c1ccc(=O)[nH]n1. The predicted octanol–water partition coefficient (Wildman–Crippen LogP) is 0.326. The first-order chi connectivity index (χ1) is 10.6. The molecule has 1 aromatic carbocycles. The van der Waals surface area contributed by atoms with E-state index in [0.29, 0.717) is 5.56 Å². The quantitative estimate of drug-likeness (QED) is 0.509. The lowest BCUT2D eigenvalue weighted by atomic mass is 10.2. The second-order valence-electron chi connectivity index (χ2n) is 4.46. The fourth-order valence-corrected chi connectivity index (χ4v) is 1.98. The maximum atomic E-state index is 12.1. The molecule has 0 aliphatic rings. The van der Waals surface area contributed by atoms with Crippen LogP contribution in [0.25, 0.3) is 10.9 Å². The molecule has 0 fully saturated rings. The number of fused-ring (bicyclic) bond motifs is 1. The Bertz CT molecular complexity index is 891. The highest BCUT2D eigenvalue weighted by atomic mass is 16.2. The van der Waals surface area contributed by atoms with Crippen LogP contribution in [-0.4, -0.2) is 27.0 Å². The summed E-state index contributed by atoms with van der Waals surface area (Å²) < 4.78 is 0. The molecule has 0 saturated carbocycles. The number of aromatic nitrogens is 3. The molecule has 2 aromatic heterocycles. The molecule has 2 amide bonds. The summed E-state index contributed by atoms with van der Waals surface area (Å²) in [5.74, 6) is -1.10. The van der Waals surface area contributed by atoms with Crippen LogP contribution in [0.2, 0.25) is 0 Å². The molecule has 22 heavy (non-hydrogen) atoms. The van der Waals surface area contributed by atoms with E-state index < -0.39 is 17.4 Å². The van der Waals surface area contributed by atoms with Gasteiger partial charge in [0.2, 0.25) is 0 Å². The van der Waals surface area contributed by atoms with E-state index in [2.05, 4.69) is 26.0 Å². The number of carbonyl (C=O) groups excluding carboxylic acids is 2. The highest BCUT2D eigenvalue weighted by Gasteiger charge is 2.13. The van der Waals surface area contributed by atoms with Crippen LogP contribution in [0, 0.1) is 0 Å². The van der Waals surface area contributed by atoms with Gasteiger partial charge in [0.25, 0.3) is 17.4 Å². The molecule has 3 rings (SSSR count). The lowest BCUT2D eigenvalue weighted by Crippen LogP contribution is -2.42. The molecule has 0 spiro atoms. The lowest BCUT2D eigenvalue weighted by Gasteiger charge is -2.05. The first-order valence-corrected chi connectivity index (χ1v) is 6.37. The first-order valence-electron chi connectivity index (χ1n) is 6.37. The van der Waals surface area contributed by atoms with Gasteiger partial charge < -0.3 is 4.98 Å². The number of hydrogen-bond donors (Lipinski definition) is 4. The second-order valence-corrected chi connectivity index (χ2v) is 4.46. The number of rotatable bonds is 2. The minimum atomic E-state index is -0.635. The smallest absolute Gasteiger partial charge is 0.290 e. The van der Waals surface area contributed by atoms with E-state index in [4.69, 9.17) is 0 Å². The zero-order chi connectivity index (χ0) is 15.5. The molecule has 0 aliphatic heterocycles. The molecule has 8 heteroatoms. The summed E-state index contributed by atoms with van der Waals surface area (Å²) in [7, 11) is 0. The summed E-state index contributed by atoms with van der Waals surface area (Å²) in [5.41, 5.74) is 5.33. The largest absolute Gasteiger partial charge is 0.360 e. The number of aromatic amines is 2. The molecule has 8 nitrogen and oxygen atoms in total. The minimum Gasteiger partial charge on any atom is -0.360 e. The van der Waals surface area contributed by atoms with Crippen molar-refractivity contribution in [3.8, 4) is 0 Å². The maximum absolute atomic E-state index is 12.1. The van der Waals surface area contributed by atoms with Gasteiger partial charge in [0.05, 0.1) is 5.56 Å². The first kappa shape index (κ1) is 13.6. The highest BCUT2D eigenvalue weighted by molar-refractivity contribution is 6.07. The van der Waals surface area contributed by atoms with Crippen molar-refractivity contribution in [3.63, 3.8) is 0 Å². The lowest BCUT2D eigenvalue weighted by molar-refractivity contribution is 0.0844. The van der Waals surface area contributed by atoms with Crippen LogP contribution in [0.3, 0.4) is 0 Å². The van der Waals surface area contributed by atoms with Gasteiger partial charge in [-0.1, -0.05) is 18.2 Å². The predicted molar refractivity (Wildman–Crippen MR) is 78.1 cm³/mol. The topological polar surface area (TPSA) is 120 Å². The van der Waals surface area contributed by atoms with Gasteiger partial charge in [-0.25, -0.2) is 5.10 Å². The molecule has 0 aliphatic carbocycles. The van der Waals surface area contributed by atoms with E-state index in [0.717, 1.165) is 10.9 Å². The van der Waals surface area contributed by atoms with Crippen molar-refractivity contribution in [1.82, 2.24) is 26.0 Å². The Kier molecular flexibility index (Phi) is 3.40. The Morgan fingerprint density at radius 1 is 1.00 bits per heavy atom. The number of H-pyrrole nitrogens is 2. The summed E-state index contributed by atoms with van der Waals surface area (Å²) in [6, 6.07) is 9.73. The zero-order valence-electron chi connectivity index (χ0n) is 11.2. The van der Waals surface area contributed by atoms with E-state index in [1.54, 1.807) is 12.3 Å². The third-order valence-electron chi connectivity index (χ3n) is 3.04. The zero-order valence-corrected chi connectivity index (χ0v) is 11.2. The summed E-state index contributed by atoms with van der Waals surface area (Å²) in [6.45, 7) is 0.